The molecule has 0 saturated carbocycles. The Morgan fingerprint density at radius 2 is 1.85 bits per heavy atom. The lowest BCUT2D eigenvalue weighted by Crippen LogP contribution is -2.41. The summed E-state index contributed by atoms with van der Waals surface area (Å²) in [4.78, 5) is 28.0. The molecule has 0 saturated heterocycles. The second-order valence-electron chi connectivity index (χ2n) is 8.92. The Balaban J connectivity index is 1.42. The van der Waals surface area contributed by atoms with E-state index >= 15 is 0 Å². The molecule has 1 aromatic heterocycles. The normalized spacial score (nSPS) is 11.9. The number of benzene rings is 3. The van der Waals surface area contributed by atoms with Crippen LogP contribution < -0.4 is 10.6 Å². The minimum Gasteiger partial charge on any atom is -0.346 e. The molecule has 8 nitrogen and oxygen atoms in total. The first kappa shape index (κ1) is 26.0. The predicted octanol–water partition coefficient (Wildman–Crippen LogP) is 5.65. The zero-order chi connectivity index (χ0) is 27.5. The number of halogens is 2. The second-order valence-corrected chi connectivity index (χ2v) is 9.36. The molecule has 3 aromatic carbocycles. The van der Waals surface area contributed by atoms with Crippen LogP contribution >= 0.6 is 11.6 Å². The SMILES string of the molecule is CCN(C)C(=N)NC(=O)c1ccc(Nc2ncc3c(n2)-c2ccc(Cl)cc2C(c2ccccc2F)=NC3)cc1. The van der Waals surface area contributed by atoms with Gasteiger partial charge in [-0.2, -0.15) is 0 Å². The van der Waals surface area contributed by atoms with Gasteiger partial charge in [-0.1, -0.05) is 29.8 Å². The van der Waals surface area contributed by atoms with Gasteiger partial charge in [0.1, 0.15) is 5.82 Å². The number of carbonyl (C=O) groups excluding carboxylic acids is 1. The summed E-state index contributed by atoms with van der Waals surface area (Å²) in [6.45, 7) is 2.78. The Labute approximate surface area is 230 Å². The largest absolute Gasteiger partial charge is 0.346 e. The number of amides is 1. The van der Waals surface area contributed by atoms with E-state index in [1.165, 1.54) is 6.07 Å². The van der Waals surface area contributed by atoms with Gasteiger partial charge in [-0.15, -0.1) is 0 Å². The average molecular weight is 542 g/mol. The van der Waals surface area contributed by atoms with E-state index in [-0.39, 0.29) is 24.2 Å². The third-order valence-corrected chi connectivity index (χ3v) is 6.62. The Hall–Kier alpha value is -4.63. The van der Waals surface area contributed by atoms with Crippen LogP contribution in [-0.4, -0.2) is 46.0 Å². The van der Waals surface area contributed by atoms with Crippen LogP contribution in [-0.2, 0) is 6.54 Å². The molecule has 2 heterocycles. The summed E-state index contributed by atoms with van der Waals surface area (Å²) < 4.78 is 14.7. The number of guanidine groups is 1. The number of aromatic nitrogens is 2. The van der Waals surface area contributed by atoms with Crippen molar-refractivity contribution < 1.29 is 9.18 Å². The lowest BCUT2D eigenvalue weighted by atomic mass is 9.95. The Kier molecular flexibility index (Phi) is 7.33. The van der Waals surface area contributed by atoms with Crippen LogP contribution in [0.4, 0.5) is 16.0 Å². The van der Waals surface area contributed by atoms with Crippen LogP contribution in [0.1, 0.15) is 34.0 Å². The molecular formula is C29H25ClFN7O. The quantitative estimate of drug-likeness (QED) is 0.224. The molecule has 0 fully saturated rings. The van der Waals surface area contributed by atoms with Crippen molar-refractivity contribution in [1.29, 1.82) is 5.41 Å². The Morgan fingerprint density at radius 3 is 2.59 bits per heavy atom. The van der Waals surface area contributed by atoms with Gasteiger partial charge in [0.25, 0.3) is 5.91 Å². The Bertz CT molecular complexity index is 1600. The van der Waals surface area contributed by atoms with E-state index in [9.17, 15) is 9.18 Å². The van der Waals surface area contributed by atoms with Crippen molar-refractivity contribution in [3.8, 4) is 11.3 Å². The molecule has 1 aliphatic heterocycles. The molecule has 0 bridgehead atoms. The number of anilines is 2. The third-order valence-electron chi connectivity index (χ3n) is 6.38. The highest BCUT2D eigenvalue weighted by Crippen LogP contribution is 2.34. The van der Waals surface area contributed by atoms with Crippen molar-refractivity contribution in [2.24, 2.45) is 4.99 Å². The number of nitrogens with one attached hydrogen (secondary N) is 3. The average Bonchev–Trinajstić information content (AvgIpc) is 3.09. The monoisotopic (exact) mass is 541 g/mol. The molecule has 4 aromatic rings. The van der Waals surface area contributed by atoms with Crippen LogP contribution in [0.3, 0.4) is 0 Å². The van der Waals surface area contributed by atoms with Crippen LogP contribution in [0.2, 0.25) is 5.02 Å². The summed E-state index contributed by atoms with van der Waals surface area (Å²) in [5.41, 5.74) is 4.91. The van der Waals surface area contributed by atoms with Crippen molar-refractivity contribution in [2.45, 2.75) is 13.5 Å². The maximum Gasteiger partial charge on any atom is 0.257 e. The molecule has 10 heteroatoms. The number of rotatable bonds is 5. The smallest absolute Gasteiger partial charge is 0.257 e. The molecule has 0 aliphatic carbocycles. The summed E-state index contributed by atoms with van der Waals surface area (Å²) in [5.74, 6) is -0.346. The lowest BCUT2D eigenvalue weighted by molar-refractivity contribution is 0.0972. The number of hydrogen-bond donors (Lipinski definition) is 3. The van der Waals surface area contributed by atoms with Gasteiger partial charge in [-0.25, -0.2) is 14.4 Å². The third kappa shape index (κ3) is 5.49. The van der Waals surface area contributed by atoms with Gasteiger partial charge in [0.05, 0.1) is 18.0 Å². The molecule has 0 unspecified atom stereocenters. The van der Waals surface area contributed by atoms with Crippen molar-refractivity contribution >= 4 is 40.8 Å². The molecule has 1 amide bonds. The van der Waals surface area contributed by atoms with Gasteiger partial charge in [0.2, 0.25) is 5.95 Å². The zero-order valence-corrected chi connectivity index (χ0v) is 22.1. The molecule has 0 atom stereocenters. The van der Waals surface area contributed by atoms with E-state index in [0.717, 1.165) is 11.1 Å². The second kappa shape index (κ2) is 11.0. The summed E-state index contributed by atoms with van der Waals surface area (Å²) in [5, 5.41) is 14.2. The molecule has 3 N–H and O–H groups in total. The van der Waals surface area contributed by atoms with E-state index in [1.807, 2.05) is 13.0 Å². The minimum absolute atomic E-state index is 0.0341. The number of aliphatic imine (C=N–C) groups is 1. The fourth-order valence-corrected chi connectivity index (χ4v) is 4.31. The summed E-state index contributed by atoms with van der Waals surface area (Å²) in [6, 6.07) is 18.7. The van der Waals surface area contributed by atoms with Gasteiger partial charge < -0.3 is 10.2 Å². The first-order valence-corrected chi connectivity index (χ1v) is 12.7. The van der Waals surface area contributed by atoms with E-state index < -0.39 is 0 Å². The van der Waals surface area contributed by atoms with Crippen LogP contribution in [0, 0.1) is 11.2 Å². The number of nitrogens with zero attached hydrogens (tertiary/aromatic N) is 4. The topological polar surface area (TPSA) is 106 Å². The highest BCUT2D eigenvalue weighted by molar-refractivity contribution is 6.31. The lowest BCUT2D eigenvalue weighted by Gasteiger charge is -2.17. The number of carbonyl (C=O) groups is 1. The van der Waals surface area contributed by atoms with Crippen molar-refractivity contribution in [1.82, 2.24) is 20.2 Å². The molecule has 39 heavy (non-hydrogen) atoms. The zero-order valence-electron chi connectivity index (χ0n) is 21.3. The maximum atomic E-state index is 14.7. The number of hydrogen-bond acceptors (Lipinski definition) is 6. The maximum absolute atomic E-state index is 14.7. The van der Waals surface area contributed by atoms with Gasteiger partial charge >= 0.3 is 0 Å². The van der Waals surface area contributed by atoms with Crippen molar-refractivity contribution in [3.63, 3.8) is 0 Å². The van der Waals surface area contributed by atoms with E-state index in [1.54, 1.807) is 72.7 Å². The van der Waals surface area contributed by atoms with E-state index in [4.69, 9.17) is 27.0 Å². The fraction of sp³-hybridized carbons (Fsp3) is 0.138. The van der Waals surface area contributed by atoms with Gasteiger partial charge in [0.15, 0.2) is 5.96 Å². The molecule has 1 aliphatic rings. The number of fused-ring (bicyclic) bond motifs is 3. The molecule has 5 rings (SSSR count). The summed E-state index contributed by atoms with van der Waals surface area (Å²) >= 11 is 6.34. The summed E-state index contributed by atoms with van der Waals surface area (Å²) in [7, 11) is 1.73. The van der Waals surface area contributed by atoms with Gasteiger partial charge in [-0.3, -0.25) is 20.5 Å². The first-order valence-electron chi connectivity index (χ1n) is 12.3. The molecule has 196 valence electrons. The summed E-state index contributed by atoms with van der Waals surface area (Å²) in [6.07, 6.45) is 1.70. The van der Waals surface area contributed by atoms with Crippen LogP contribution in [0.15, 0.2) is 77.9 Å². The standard InChI is InChI=1S/C29H25ClFN7O/c1-3-38(2)28(32)37-27(39)17-8-11-20(12-9-17)35-29-34-16-18-15-33-26(22-6-4-5-7-24(22)31)23-14-19(30)10-13-21(23)25(18)36-29/h4-14,16H,3,15H2,1-2H3,(H2,32,37,39)(H,34,35,36). The molecule has 0 radical (unpaired) electrons. The van der Waals surface area contributed by atoms with E-state index in [0.29, 0.717) is 51.3 Å². The predicted molar refractivity (Wildman–Crippen MR) is 151 cm³/mol. The Morgan fingerprint density at radius 1 is 1.08 bits per heavy atom. The van der Waals surface area contributed by atoms with Crippen LogP contribution in [0.25, 0.3) is 11.3 Å². The van der Waals surface area contributed by atoms with E-state index in [2.05, 4.69) is 15.6 Å². The van der Waals surface area contributed by atoms with Gasteiger partial charge in [-0.05, 0) is 55.5 Å². The fourth-order valence-electron chi connectivity index (χ4n) is 4.13. The van der Waals surface area contributed by atoms with Crippen LogP contribution in [0.5, 0.6) is 0 Å². The minimum atomic E-state index is -0.368. The highest BCUT2D eigenvalue weighted by Gasteiger charge is 2.23. The van der Waals surface area contributed by atoms with Gasteiger partial charge in [0, 0.05) is 58.3 Å². The van der Waals surface area contributed by atoms with Crippen molar-refractivity contribution in [3.05, 3.63) is 106 Å². The first-order chi connectivity index (χ1) is 18.8. The molecule has 0 spiro atoms. The van der Waals surface area contributed by atoms with Crippen molar-refractivity contribution in [2.75, 3.05) is 18.9 Å². The molecular weight excluding hydrogens is 517 g/mol. The highest BCUT2D eigenvalue weighted by atomic mass is 35.5.